The third-order valence-electron chi connectivity index (χ3n) is 4.05. The highest BCUT2D eigenvalue weighted by atomic mass is 32.1. The quantitative estimate of drug-likeness (QED) is 0.818. The summed E-state index contributed by atoms with van der Waals surface area (Å²) < 4.78 is 0. The Morgan fingerprint density at radius 1 is 1.38 bits per heavy atom. The molecule has 2 N–H and O–H groups in total. The van der Waals surface area contributed by atoms with Crippen molar-refractivity contribution in [3.05, 3.63) is 22.4 Å². The van der Waals surface area contributed by atoms with Gasteiger partial charge in [-0.1, -0.05) is 13.8 Å². The topological polar surface area (TPSA) is 78.5 Å². The molecular weight excluding hydrogens is 326 g/mol. The molecule has 6 nitrogen and oxygen atoms in total. The summed E-state index contributed by atoms with van der Waals surface area (Å²) >= 11 is 1.47. The first-order valence-electron chi connectivity index (χ1n) is 8.36. The Hall–Kier alpha value is -1.89. The second-order valence-electron chi connectivity index (χ2n) is 6.36. The highest BCUT2D eigenvalue weighted by molar-refractivity contribution is 7.08. The van der Waals surface area contributed by atoms with Gasteiger partial charge in [0.05, 0.1) is 0 Å². The Morgan fingerprint density at radius 2 is 2.17 bits per heavy atom. The molecule has 132 valence electrons. The van der Waals surface area contributed by atoms with Gasteiger partial charge < -0.3 is 15.5 Å². The van der Waals surface area contributed by atoms with Gasteiger partial charge in [0.1, 0.15) is 0 Å². The van der Waals surface area contributed by atoms with Crippen LogP contribution in [-0.4, -0.2) is 48.3 Å². The summed E-state index contributed by atoms with van der Waals surface area (Å²) in [7, 11) is 0. The average molecular weight is 351 g/mol. The molecule has 7 heteroatoms. The molecular formula is C17H25N3O3S. The summed E-state index contributed by atoms with van der Waals surface area (Å²) in [6, 6.07) is 1.78. The largest absolute Gasteiger partial charge is 0.351 e. The molecule has 1 aliphatic rings. The Morgan fingerprint density at radius 3 is 2.83 bits per heavy atom. The number of amides is 3. The molecule has 0 spiro atoms. The van der Waals surface area contributed by atoms with Gasteiger partial charge in [0.2, 0.25) is 11.8 Å². The maximum absolute atomic E-state index is 12.3. The monoisotopic (exact) mass is 351 g/mol. The summed E-state index contributed by atoms with van der Waals surface area (Å²) in [5.74, 6) is -0.158. The average Bonchev–Trinajstić information content (AvgIpc) is 3.09. The maximum atomic E-state index is 12.3. The number of hydrogen-bond acceptors (Lipinski definition) is 4. The van der Waals surface area contributed by atoms with Crippen LogP contribution in [0.4, 0.5) is 0 Å². The summed E-state index contributed by atoms with van der Waals surface area (Å²) in [5.41, 5.74) is 0.627. The van der Waals surface area contributed by atoms with E-state index in [2.05, 4.69) is 10.6 Å². The third-order valence-corrected chi connectivity index (χ3v) is 4.74. The number of nitrogens with one attached hydrogen (secondary N) is 2. The number of carbonyl (C=O) groups excluding carboxylic acids is 3. The van der Waals surface area contributed by atoms with E-state index in [0.29, 0.717) is 25.2 Å². The molecule has 1 aromatic rings. The van der Waals surface area contributed by atoms with Crippen LogP contribution >= 0.6 is 11.3 Å². The van der Waals surface area contributed by atoms with Gasteiger partial charge in [-0.3, -0.25) is 14.4 Å². The zero-order chi connectivity index (χ0) is 17.5. The first-order valence-corrected chi connectivity index (χ1v) is 9.30. The Balaban J connectivity index is 1.73. The maximum Gasteiger partial charge on any atom is 0.252 e. The molecule has 1 fully saturated rings. The molecule has 0 bridgehead atoms. The van der Waals surface area contributed by atoms with Gasteiger partial charge >= 0.3 is 0 Å². The van der Waals surface area contributed by atoms with Crippen molar-refractivity contribution in [2.45, 2.75) is 39.2 Å². The standard InChI is InChI=1S/C17H25N3O3S/c1-12(2)16(22)19-14-4-3-8-20(10-14)15(21)5-7-18-17(23)13-6-9-24-11-13/h6,9,11-12,14H,3-5,7-8,10H2,1-2H3,(H,18,23)(H,19,22). The fourth-order valence-electron chi connectivity index (χ4n) is 2.63. The molecule has 1 aliphatic heterocycles. The molecule has 3 amide bonds. The zero-order valence-electron chi connectivity index (χ0n) is 14.2. The van der Waals surface area contributed by atoms with Crippen molar-refractivity contribution in [2.75, 3.05) is 19.6 Å². The molecule has 0 radical (unpaired) electrons. The van der Waals surface area contributed by atoms with Gasteiger partial charge in [-0.15, -0.1) is 0 Å². The molecule has 1 aromatic heterocycles. The first-order chi connectivity index (χ1) is 11.5. The molecule has 1 unspecified atom stereocenters. The smallest absolute Gasteiger partial charge is 0.252 e. The SMILES string of the molecule is CC(C)C(=O)NC1CCCN(C(=O)CCNC(=O)c2ccsc2)C1. The van der Waals surface area contributed by atoms with Crippen LogP contribution in [-0.2, 0) is 9.59 Å². The second-order valence-corrected chi connectivity index (χ2v) is 7.14. The van der Waals surface area contributed by atoms with Crippen molar-refractivity contribution in [3.8, 4) is 0 Å². The van der Waals surface area contributed by atoms with E-state index in [1.807, 2.05) is 19.2 Å². The predicted octanol–water partition coefficient (Wildman–Crippen LogP) is 1.63. The Labute approximate surface area is 146 Å². The first kappa shape index (κ1) is 18.4. The van der Waals surface area contributed by atoms with Crippen LogP contribution in [0, 0.1) is 5.92 Å². The summed E-state index contributed by atoms with van der Waals surface area (Å²) in [6.45, 7) is 5.31. The van der Waals surface area contributed by atoms with Gasteiger partial charge in [-0.05, 0) is 24.3 Å². The van der Waals surface area contributed by atoms with E-state index < -0.39 is 0 Å². The molecule has 2 rings (SSSR count). The number of rotatable bonds is 6. The highest BCUT2D eigenvalue weighted by Crippen LogP contribution is 2.12. The van der Waals surface area contributed by atoms with Crippen molar-refractivity contribution in [1.82, 2.24) is 15.5 Å². The molecule has 24 heavy (non-hydrogen) atoms. The van der Waals surface area contributed by atoms with Crippen molar-refractivity contribution in [3.63, 3.8) is 0 Å². The summed E-state index contributed by atoms with van der Waals surface area (Å²) in [6.07, 6.45) is 2.06. The lowest BCUT2D eigenvalue weighted by molar-refractivity contribution is -0.133. The number of likely N-dealkylation sites (tertiary alicyclic amines) is 1. The van der Waals surface area contributed by atoms with Crippen molar-refractivity contribution in [2.24, 2.45) is 5.92 Å². The van der Waals surface area contributed by atoms with Gasteiger partial charge in [-0.2, -0.15) is 11.3 Å². The Kier molecular flexibility index (Phi) is 6.78. The van der Waals surface area contributed by atoms with E-state index in [-0.39, 0.29) is 36.1 Å². The zero-order valence-corrected chi connectivity index (χ0v) is 15.0. The number of thiophene rings is 1. The van der Waals surface area contributed by atoms with Crippen molar-refractivity contribution < 1.29 is 14.4 Å². The lowest BCUT2D eigenvalue weighted by atomic mass is 10.0. The van der Waals surface area contributed by atoms with Crippen LogP contribution in [0.2, 0.25) is 0 Å². The molecule has 0 aromatic carbocycles. The van der Waals surface area contributed by atoms with E-state index in [9.17, 15) is 14.4 Å². The van der Waals surface area contributed by atoms with E-state index in [4.69, 9.17) is 0 Å². The van der Waals surface area contributed by atoms with E-state index in [1.54, 1.807) is 16.3 Å². The summed E-state index contributed by atoms with van der Waals surface area (Å²) in [4.78, 5) is 37.7. The van der Waals surface area contributed by atoms with E-state index in [0.717, 1.165) is 12.8 Å². The van der Waals surface area contributed by atoms with Crippen LogP contribution in [0.15, 0.2) is 16.8 Å². The number of piperidine rings is 1. The molecule has 1 saturated heterocycles. The normalized spacial score (nSPS) is 17.6. The number of hydrogen-bond donors (Lipinski definition) is 2. The minimum Gasteiger partial charge on any atom is -0.351 e. The number of carbonyl (C=O) groups is 3. The number of nitrogens with zero attached hydrogens (tertiary/aromatic N) is 1. The van der Waals surface area contributed by atoms with E-state index >= 15 is 0 Å². The van der Waals surface area contributed by atoms with Crippen LogP contribution < -0.4 is 10.6 Å². The molecule has 1 atom stereocenters. The third kappa shape index (κ3) is 5.33. The van der Waals surface area contributed by atoms with Crippen LogP contribution in [0.3, 0.4) is 0 Å². The summed E-state index contributed by atoms with van der Waals surface area (Å²) in [5, 5.41) is 9.39. The van der Waals surface area contributed by atoms with Gasteiger partial charge in [0, 0.05) is 49.0 Å². The minimum atomic E-state index is -0.148. The van der Waals surface area contributed by atoms with Crippen LogP contribution in [0.5, 0.6) is 0 Å². The fourth-order valence-corrected chi connectivity index (χ4v) is 3.26. The predicted molar refractivity (Wildman–Crippen MR) is 93.9 cm³/mol. The van der Waals surface area contributed by atoms with Crippen molar-refractivity contribution >= 4 is 29.1 Å². The van der Waals surface area contributed by atoms with Crippen molar-refractivity contribution in [1.29, 1.82) is 0 Å². The highest BCUT2D eigenvalue weighted by Gasteiger charge is 2.25. The minimum absolute atomic E-state index is 0.0177. The van der Waals surface area contributed by atoms with Crippen LogP contribution in [0.1, 0.15) is 43.5 Å². The lowest BCUT2D eigenvalue weighted by Gasteiger charge is -2.33. The lowest BCUT2D eigenvalue weighted by Crippen LogP contribution is -2.50. The molecule has 0 aliphatic carbocycles. The molecule has 2 heterocycles. The molecule has 0 saturated carbocycles. The fraction of sp³-hybridized carbons (Fsp3) is 0.588. The van der Waals surface area contributed by atoms with Gasteiger partial charge in [-0.25, -0.2) is 0 Å². The van der Waals surface area contributed by atoms with Gasteiger partial charge in [0.25, 0.3) is 5.91 Å². The Bertz CT molecular complexity index is 572. The van der Waals surface area contributed by atoms with Gasteiger partial charge in [0.15, 0.2) is 0 Å². The second kappa shape index (κ2) is 8.82. The van der Waals surface area contributed by atoms with Crippen LogP contribution in [0.25, 0.3) is 0 Å². The van der Waals surface area contributed by atoms with E-state index in [1.165, 1.54) is 11.3 Å².